The molecule has 0 spiro atoms. The first-order valence-electron chi connectivity index (χ1n) is 6.41. The third-order valence-corrected chi connectivity index (χ3v) is 3.08. The molecular weight excluding hydrogens is 222 g/mol. The highest BCUT2D eigenvalue weighted by Crippen LogP contribution is 2.16. The number of aromatic nitrogens is 2. The molecule has 0 saturated carbocycles. The van der Waals surface area contributed by atoms with Gasteiger partial charge < -0.3 is 10.3 Å². The summed E-state index contributed by atoms with van der Waals surface area (Å²) in [6.07, 6.45) is 5.92. The van der Waals surface area contributed by atoms with E-state index in [0.29, 0.717) is 0 Å². The molecule has 18 heavy (non-hydrogen) atoms. The number of rotatable bonds is 5. The molecule has 96 valence electrons. The molecule has 0 amide bonds. The van der Waals surface area contributed by atoms with Gasteiger partial charge in [-0.25, -0.2) is 4.98 Å². The molecule has 0 fully saturated rings. The Morgan fingerprint density at radius 2 is 1.94 bits per heavy atom. The van der Waals surface area contributed by atoms with Crippen LogP contribution in [0, 0.1) is 0 Å². The van der Waals surface area contributed by atoms with Crippen LogP contribution in [0.25, 0.3) is 0 Å². The lowest BCUT2D eigenvalue weighted by Crippen LogP contribution is -2.31. The fourth-order valence-corrected chi connectivity index (χ4v) is 2.13. The molecular formula is C15H21N3. The summed E-state index contributed by atoms with van der Waals surface area (Å²) in [6, 6.07) is 10.6. The van der Waals surface area contributed by atoms with Gasteiger partial charge in [-0.2, -0.15) is 0 Å². The van der Waals surface area contributed by atoms with Crippen LogP contribution in [0.4, 0.5) is 0 Å². The number of benzene rings is 1. The van der Waals surface area contributed by atoms with Crippen molar-refractivity contribution in [1.82, 2.24) is 9.55 Å². The molecule has 0 saturated heterocycles. The van der Waals surface area contributed by atoms with Crippen LogP contribution in [-0.2, 0) is 18.5 Å². The quantitative estimate of drug-likeness (QED) is 0.877. The zero-order valence-corrected chi connectivity index (χ0v) is 11.1. The van der Waals surface area contributed by atoms with Crippen molar-refractivity contribution in [3.05, 3.63) is 54.1 Å². The number of hydrogen-bond donors (Lipinski definition) is 1. The molecule has 2 N–H and O–H groups in total. The Kier molecular flexibility index (Phi) is 3.82. The zero-order valence-electron chi connectivity index (χ0n) is 11.1. The molecule has 0 atom stereocenters. The van der Waals surface area contributed by atoms with E-state index in [1.807, 2.05) is 26.4 Å². The zero-order chi connectivity index (χ0) is 13.0. The molecule has 3 heteroatoms. The van der Waals surface area contributed by atoms with Gasteiger partial charge >= 0.3 is 0 Å². The lowest BCUT2D eigenvalue weighted by atomic mass is 10.0. The number of nitrogens with zero attached hydrogens (tertiary/aromatic N) is 2. The minimum absolute atomic E-state index is 0.330. The van der Waals surface area contributed by atoms with Gasteiger partial charge in [-0.3, -0.25) is 0 Å². The van der Waals surface area contributed by atoms with Gasteiger partial charge in [0.15, 0.2) is 0 Å². The van der Waals surface area contributed by atoms with Crippen molar-refractivity contribution >= 4 is 0 Å². The van der Waals surface area contributed by atoms with E-state index in [4.69, 9.17) is 5.73 Å². The Morgan fingerprint density at radius 3 is 2.61 bits per heavy atom. The molecule has 3 nitrogen and oxygen atoms in total. The van der Waals surface area contributed by atoms with E-state index in [9.17, 15) is 0 Å². The van der Waals surface area contributed by atoms with E-state index >= 15 is 0 Å². The fourth-order valence-electron chi connectivity index (χ4n) is 2.13. The highest BCUT2D eigenvalue weighted by Gasteiger charge is 2.18. The lowest BCUT2D eigenvalue weighted by molar-refractivity contribution is 0.485. The van der Waals surface area contributed by atoms with Crippen LogP contribution in [0.3, 0.4) is 0 Å². The predicted octanol–water partition coefficient (Wildman–Crippen LogP) is 2.71. The van der Waals surface area contributed by atoms with Crippen molar-refractivity contribution < 1.29 is 0 Å². The van der Waals surface area contributed by atoms with E-state index < -0.39 is 0 Å². The predicted molar refractivity (Wildman–Crippen MR) is 74.2 cm³/mol. The lowest BCUT2D eigenvalue weighted by Gasteiger charge is -2.20. The number of hydrogen-bond acceptors (Lipinski definition) is 2. The summed E-state index contributed by atoms with van der Waals surface area (Å²) in [5, 5.41) is 0. The Balaban J connectivity index is 1.93. The number of imidazole rings is 1. The number of aryl methyl sites for hydroxylation is 2. The van der Waals surface area contributed by atoms with Gasteiger partial charge in [-0.15, -0.1) is 0 Å². The Bertz CT molecular complexity index is 480. The molecule has 2 aromatic rings. The average molecular weight is 243 g/mol. The van der Waals surface area contributed by atoms with E-state index in [2.05, 4.69) is 39.9 Å². The van der Waals surface area contributed by atoms with Crippen LogP contribution in [0.15, 0.2) is 42.9 Å². The van der Waals surface area contributed by atoms with Gasteiger partial charge in [0.2, 0.25) is 0 Å². The minimum Gasteiger partial charge on any atom is -0.333 e. The second-order valence-corrected chi connectivity index (χ2v) is 5.28. The van der Waals surface area contributed by atoms with E-state index in [1.54, 1.807) is 0 Å². The smallest absolute Gasteiger partial charge is 0.0948 e. The van der Waals surface area contributed by atoms with Gasteiger partial charge in [0.1, 0.15) is 0 Å². The van der Waals surface area contributed by atoms with Crippen LogP contribution >= 0.6 is 0 Å². The summed E-state index contributed by atoms with van der Waals surface area (Å²) in [5.41, 5.74) is 8.27. The summed E-state index contributed by atoms with van der Waals surface area (Å²) < 4.78 is 2.16. The van der Waals surface area contributed by atoms with Gasteiger partial charge in [0, 0.05) is 12.7 Å². The first-order chi connectivity index (χ1) is 8.57. The standard InChI is InChI=1S/C15H21N3/c1-15(2,16)14-11-17-12-18(14)10-6-9-13-7-4-3-5-8-13/h3-5,7-8,11-12H,6,9-10,16H2,1-2H3. The van der Waals surface area contributed by atoms with Crippen LogP contribution in [-0.4, -0.2) is 9.55 Å². The maximum absolute atomic E-state index is 6.12. The molecule has 0 bridgehead atoms. The number of nitrogens with two attached hydrogens (primary N) is 1. The van der Waals surface area contributed by atoms with E-state index in [1.165, 1.54) is 5.56 Å². The van der Waals surface area contributed by atoms with Crippen molar-refractivity contribution in [2.75, 3.05) is 0 Å². The van der Waals surface area contributed by atoms with Crippen molar-refractivity contribution in [2.45, 2.75) is 38.8 Å². The average Bonchev–Trinajstić information content (AvgIpc) is 2.78. The monoisotopic (exact) mass is 243 g/mol. The highest BCUT2D eigenvalue weighted by atomic mass is 15.1. The SMILES string of the molecule is CC(C)(N)c1cncn1CCCc1ccccc1. The van der Waals surface area contributed by atoms with Crippen molar-refractivity contribution in [2.24, 2.45) is 5.73 Å². The summed E-state index contributed by atoms with van der Waals surface area (Å²) in [4.78, 5) is 4.20. The Hall–Kier alpha value is -1.61. The molecule has 1 aromatic heterocycles. The van der Waals surface area contributed by atoms with Crippen molar-refractivity contribution in [3.63, 3.8) is 0 Å². The van der Waals surface area contributed by atoms with Crippen molar-refractivity contribution in [1.29, 1.82) is 0 Å². The maximum Gasteiger partial charge on any atom is 0.0948 e. The normalized spacial score (nSPS) is 11.7. The van der Waals surface area contributed by atoms with Crippen LogP contribution in [0.2, 0.25) is 0 Å². The first-order valence-corrected chi connectivity index (χ1v) is 6.41. The molecule has 2 rings (SSSR count). The van der Waals surface area contributed by atoms with Crippen molar-refractivity contribution in [3.8, 4) is 0 Å². The summed E-state index contributed by atoms with van der Waals surface area (Å²) in [7, 11) is 0. The van der Waals surface area contributed by atoms with E-state index in [0.717, 1.165) is 25.1 Å². The largest absolute Gasteiger partial charge is 0.333 e. The second kappa shape index (κ2) is 5.36. The minimum atomic E-state index is -0.330. The van der Waals surface area contributed by atoms with Gasteiger partial charge in [-0.1, -0.05) is 30.3 Å². The van der Waals surface area contributed by atoms with Gasteiger partial charge in [-0.05, 0) is 32.3 Å². The molecule has 0 aliphatic rings. The van der Waals surface area contributed by atoms with Crippen LogP contribution < -0.4 is 5.73 Å². The summed E-state index contributed by atoms with van der Waals surface area (Å²) in [6.45, 7) is 4.99. The Morgan fingerprint density at radius 1 is 1.22 bits per heavy atom. The topological polar surface area (TPSA) is 43.8 Å². The van der Waals surface area contributed by atoms with E-state index in [-0.39, 0.29) is 5.54 Å². The van der Waals surface area contributed by atoms with Crippen LogP contribution in [0.1, 0.15) is 31.5 Å². The third-order valence-electron chi connectivity index (χ3n) is 3.08. The summed E-state index contributed by atoms with van der Waals surface area (Å²) >= 11 is 0. The van der Waals surface area contributed by atoms with Gasteiger partial charge in [0.05, 0.1) is 17.6 Å². The van der Waals surface area contributed by atoms with Crippen LogP contribution in [0.5, 0.6) is 0 Å². The third kappa shape index (κ3) is 3.20. The molecule has 1 heterocycles. The molecule has 0 radical (unpaired) electrons. The first kappa shape index (κ1) is 12.8. The summed E-state index contributed by atoms with van der Waals surface area (Å²) in [5.74, 6) is 0. The highest BCUT2D eigenvalue weighted by molar-refractivity contribution is 5.15. The fraction of sp³-hybridized carbons (Fsp3) is 0.400. The maximum atomic E-state index is 6.12. The molecule has 0 unspecified atom stereocenters. The Labute approximate surface area is 109 Å². The molecule has 0 aliphatic carbocycles. The van der Waals surface area contributed by atoms with Gasteiger partial charge in [0.25, 0.3) is 0 Å². The second-order valence-electron chi connectivity index (χ2n) is 5.28. The molecule has 0 aliphatic heterocycles. The molecule has 1 aromatic carbocycles.